The highest BCUT2D eigenvalue weighted by Crippen LogP contribution is 2.39. The molecule has 28 heavy (non-hydrogen) atoms. The molecule has 1 unspecified atom stereocenters. The maximum Gasteiger partial charge on any atom is 0.265 e. The average Bonchev–Trinajstić information content (AvgIpc) is 2.99. The van der Waals surface area contributed by atoms with Gasteiger partial charge in [-0.1, -0.05) is 13.0 Å². The number of carbonyl (C=O) groups is 2. The molecule has 1 aliphatic carbocycles. The maximum absolute atomic E-state index is 12.7. The van der Waals surface area contributed by atoms with Crippen molar-refractivity contribution in [2.75, 3.05) is 23.4 Å². The SMILES string of the molecule is Cc1ccc2c(c1)N(CC(=O)Nc1sc3c(c1C#N)CCC(C)C3)C(=O)CO2. The third-order valence-electron chi connectivity index (χ3n) is 5.24. The Balaban J connectivity index is 1.55. The van der Waals surface area contributed by atoms with Crippen molar-refractivity contribution in [3.63, 3.8) is 0 Å². The number of anilines is 2. The Morgan fingerprint density at radius 1 is 1.46 bits per heavy atom. The van der Waals surface area contributed by atoms with Crippen LogP contribution in [-0.2, 0) is 22.4 Å². The second-order valence-corrected chi connectivity index (χ2v) is 8.56. The van der Waals surface area contributed by atoms with Gasteiger partial charge >= 0.3 is 0 Å². The summed E-state index contributed by atoms with van der Waals surface area (Å²) in [5, 5.41) is 13.1. The third-order valence-corrected chi connectivity index (χ3v) is 6.41. The highest BCUT2D eigenvalue weighted by Gasteiger charge is 2.29. The van der Waals surface area contributed by atoms with E-state index >= 15 is 0 Å². The van der Waals surface area contributed by atoms with Crippen LogP contribution in [0.5, 0.6) is 5.75 Å². The highest BCUT2D eigenvalue weighted by atomic mass is 32.1. The van der Waals surface area contributed by atoms with Crippen LogP contribution in [-0.4, -0.2) is 25.0 Å². The second kappa shape index (κ2) is 7.28. The number of nitrogens with zero attached hydrogens (tertiary/aromatic N) is 2. The standard InChI is InChI=1S/C21H21N3O3S/c1-12-4-6-17-16(7-12)24(20(26)11-27-17)10-19(25)23-21-15(9-22)14-5-3-13(2)8-18(14)28-21/h4,6-7,13H,3,5,8,10-11H2,1-2H3,(H,23,25). The van der Waals surface area contributed by atoms with Crippen molar-refractivity contribution in [3.8, 4) is 11.8 Å². The van der Waals surface area contributed by atoms with E-state index in [1.165, 1.54) is 21.1 Å². The molecular weight excluding hydrogens is 374 g/mol. The molecule has 0 bridgehead atoms. The van der Waals surface area contributed by atoms with Gasteiger partial charge in [0.15, 0.2) is 6.61 Å². The average molecular weight is 395 g/mol. The summed E-state index contributed by atoms with van der Waals surface area (Å²) >= 11 is 1.49. The molecule has 2 aliphatic rings. The number of benzene rings is 1. The van der Waals surface area contributed by atoms with Crippen LogP contribution >= 0.6 is 11.3 Å². The maximum atomic E-state index is 12.7. The number of ether oxygens (including phenoxy) is 1. The fourth-order valence-corrected chi connectivity index (χ4v) is 5.13. The van der Waals surface area contributed by atoms with Crippen LogP contribution in [0.4, 0.5) is 10.7 Å². The van der Waals surface area contributed by atoms with Crippen molar-refractivity contribution in [3.05, 3.63) is 39.8 Å². The fraction of sp³-hybridized carbons (Fsp3) is 0.381. The van der Waals surface area contributed by atoms with Crippen LogP contribution in [0.1, 0.15) is 34.9 Å². The van der Waals surface area contributed by atoms with Crippen molar-refractivity contribution in [1.82, 2.24) is 0 Å². The molecule has 1 aromatic carbocycles. The first-order valence-corrected chi connectivity index (χ1v) is 10.2. The van der Waals surface area contributed by atoms with E-state index in [2.05, 4.69) is 18.3 Å². The molecule has 2 aromatic rings. The summed E-state index contributed by atoms with van der Waals surface area (Å²) < 4.78 is 5.46. The molecule has 2 heterocycles. The number of fused-ring (bicyclic) bond motifs is 2. The Morgan fingerprint density at radius 3 is 3.07 bits per heavy atom. The molecule has 1 N–H and O–H groups in total. The number of carbonyl (C=O) groups excluding carboxylic acids is 2. The van der Waals surface area contributed by atoms with Crippen molar-refractivity contribution >= 4 is 33.8 Å². The van der Waals surface area contributed by atoms with E-state index < -0.39 is 0 Å². The zero-order chi connectivity index (χ0) is 19.8. The van der Waals surface area contributed by atoms with E-state index in [0.717, 1.165) is 30.4 Å². The fourth-order valence-electron chi connectivity index (χ4n) is 3.75. The number of hydrogen-bond acceptors (Lipinski definition) is 5. The van der Waals surface area contributed by atoms with Gasteiger partial charge in [-0.05, 0) is 55.4 Å². The number of nitriles is 1. The minimum absolute atomic E-state index is 0.0853. The number of hydrogen-bond donors (Lipinski definition) is 1. The number of thiophene rings is 1. The summed E-state index contributed by atoms with van der Waals surface area (Å²) in [6.45, 7) is 3.94. The van der Waals surface area contributed by atoms with Gasteiger partial charge in [-0.15, -0.1) is 11.3 Å². The van der Waals surface area contributed by atoms with Crippen molar-refractivity contribution in [2.24, 2.45) is 5.92 Å². The molecule has 6 nitrogen and oxygen atoms in total. The molecule has 0 saturated carbocycles. The van der Waals surface area contributed by atoms with Crippen LogP contribution in [0, 0.1) is 24.2 Å². The summed E-state index contributed by atoms with van der Waals surface area (Å²) in [4.78, 5) is 27.7. The number of amides is 2. The number of aryl methyl sites for hydroxylation is 1. The predicted molar refractivity (Wildman–Crippen MR) is 108 cm³/mol. The minimum Gasteiger partial charge on any atom is -0.482 e. The molecule has 1 atom stereocenters. The lowest BCUT2D eigenvalue weighted by Crippen LogP contribution is -2.43. The Labute approximate surface area is 167 Å². The number of rotatable bonds is 3. The lowest BCUT2D eigenvalue weighted by atomic mass is 9.89. The molecular formula is C21H21N3O3S. The molecule has 144 valence electrons. The van der Waals surface area contributed by atoms with Crippen LogP contribution in [0.2, 0.25) is 0 Å². The number of nitrogens with one attached hydrogen (secondary N) is 1. The topological polar surface area (TPSA) is 82.4 Å². The van der Waals surface area contributed by atoms with E-state index in [-0.39, 0.29) is 25.0 Å². The largest absolute Gasteiger partial charge is 0.482 e. The summed E-state index contributed by atoms with van der Waals surface area (Å²) in [6.07, 6.45) is 2.88. The Bertz CT molecular complexity index is 1010. The monoisotopic (exact) mass is 395 g/mol. The summed E-state index contributed by atoms with van der Waals surface area (Å²) in [5.41, 5.74) is 3.23. The molecule has 7 heteroatoms. The second-order valence-electron chi connectivity index (χ2n) is 7.46. The Hall–Kier alpha value is -2.85. The van der Waals surface area contributed by atoms with E-state index in [1.807, 2.05) is 25.1 Å². The van der Waals surface area contributed by atoms with Crippen molar-refractivity contribution in [1.29, 1.82) is 5.26 Å². The van der Waals surface area contributed by atoms with Crippen LogP contribution in [0.3, 0.4) is 0 Å². The molecule has 0 spiro atoms. The lowest BCUT2D eigenvalue weighted by Gasteiger charge is -2.29. The van der Waals surface area contributed by atoms with Gasteiger partial charge < -0.3 is 10.1 Å². The summed E-state index contributed by atoms with van der Waals surface area (Å²) in [6, 6.07) is 7.81. The van der Waals surface area contributed by atoms with Gasteiger partial charge in [0.05, 0.1) is 11.3 Å². The van der Waals surface area contributed by atoms with E-state index in [9.17, 15) is 14.9 Å². The first kappa shape index (κ1) is 18.5. The van der Waals surface area contributed by atoms with Gasteiger partial charge in [0.1, 0.15) is 23.4 Å². The zero-order valence-electron chi connectivity index (χ0n) is 15.9. The molecule has 0 radical (unpaired) electrons. The molecule has 1 aromatic heterocycles. The van der Waals surface area contributed by atoms with Crippen LogP contribution in [0.15, 0.2) is 18.2 Å². The molecule has 2 amide bonds. The molecule has 0 fully saturated rings. The smallest absolute Gasteiger partial charge is 0.265 e. The van der Waals surface area contributed by atoms with Gasteiger partial charge in [-0.2, -0.15) is 5.26 Å². The van der Waals surface area contributed by atoms with Gasteiger partial charge in [0, 0.05) is 4.88 Å². The van der Waals surface area contributed by atoms with Crippen molar-refractivity contribution < 1.29 is 14.3 Å². The first-order chi connectivity index (χ1) is 13.5. The van der Waals surface area contributed by atoms with Crippen molar-refractivity contribution in [2.45, 2.75) is 33.1 Å². The predicted octanol–water partition coefficient (Wildman–Crippen LogP) is 3.42. The Morgan fingerprint density at radius 2 is 2.29 bits per heavy atom. The quantitative estimate of drug-likeness (QED) is 0.863. The first-order valence-electron chi connectivity index (χ1n) is 9.34. The molecule has 4 rings (SSSR count). The molecule has 1 aliphatic heterocycles. The minimum atomic E-state index is -0.314. The summed E-state index contributed by atoms with van der Waals surface area (Å²) in [7, 11) is 0. The van der Waals surface area contributed by atoms with Gasteiger partial charge in [0.2, 0.25) is 5.91 Å². The van der Waals surface area contributed by atoms with E-state index in [0.29, 0.717) is 27.9 Å². The van der Waals surface area contributed by atoms with Crippen LogP contribution < -0.4 is 15.0 Å². The lowest BCUT2D eigenvalue weighted by molar-refractivity contribution is -0.123. The van der Waals surface area contributed by atoms with Crippen LogP contribution in [0.25, 0.3) is 0 Å². The van der Waals surface area contributed by atoms with Gasteiger partial charge in [0.25, 0.3) is 5.91 Å². The third kappa shape index (κ3) is 3.36. The van der Waals surface area contributed by atoms with Gasteiger partial charge in [-0.25, -0.2) is 0 Å². The Kier molecular flexibility index (Phi) is 4.82. The summed E-state index contributed by atoms with van der Waals surface area (Å²) in [5.74, 6) is 0.613. The molecule has 0 saturated heterocycles. The normalized spacial score (nSPS) is 18.0. The van der Waals surface area contributed by atoms with Gasteiger partial charge in [-0.3, -0.25) is 14.5 Å². The highest BCUT2D eigenvalue weighted by molar-refractivity contribution is 7.16. The zero-order valence-corrected chi connectivity index (χ0v) is 16.7. The van der Waals surface area contributed by atoms with E-state index in [4.69, 9.17) is 4.74 Å². The van der Waals surface area contributed by atoms with E-state index in [1.54, 1.807) is 0 Å².